The van der Waals surface area contributed by atoms with Crippen molar-refractivity contribution in [2.24, 2.45) is 0 Å². The molecule has 2 rings (SSSR count). The van der Waals surface area contributed by atoms with Crippen LogP contribution in [-0.4, -0.2) is 27.0 Å². The molecule has 1 aliphatic rings. The zero-order valence-corrected chi connectivity index (χ0v) is 13.5. The Kier molecular flexibility index (Phi) is 4.66. The molecule has 1 aliphatic heterocycles. The summed E-state index contributed by atoms with van der Waals surface area (Å²) in [4.78, 5) is 0.333. The lowest BCUT2D eigenvalue weighted by Crippen LogP contribution is -2.46. The van der Waals surface area contributed by atoms with E-state index in [-0.39, 0.29) is 6.04 Å². The smallest absolute Gasteiger partial charge is 0.240 e. The Hall–Kier alpha value is -0.430. The van der Waals surface area contributed by atoms with Gasteiger partial charge in [-0.3, -0.25) is 0 Å². The number of hydrogen-bond acceptors (Lipinski definition) is 3. The summed E-state index contributed by atoms with van der Waals surface area (Å²) in [6.45, 7) is 4.81. The van der Waals surface area contributed by atoms with Gasteiger partial charge in [-0.2, -0.15) is 0 Å². The van der Waals surface area contributed by atoms with Gasteiger partial charge in [0.15, 0.2) is 0 Å². The van der Waals surface area contributed by atoms with Crippen molar-refractivity contribution < 1.29 is 8.42 Å². The van der Waals surface area contributed by atoms with Crippen molar-refractivity contribution in [2.45, 2.75) is 43.7 Å². The molecule has 4 nitrogen and oxygen atoms in total. The van der Waals surface area contributed by atoms with Crippen molar-refractivity contribution in [3.8, 4) is 0 Å². The Labute approximate surface area is 123 Å². The van der Waals surface area contributed by atoms with E-state index in [1.165, 1.54) is 0 Å². The summed E-state index contributed by atoms with van der Waals surface area (Å²) in [5, 5.41) is 3.31. The van der Waals surface area contributed by atoms with E-state index >= 15 is 0 Å². The minimum absolute atomic E-state index is 0.0187. The van der Waals surface area contributed by atoms with Crippen LogP contribution in [0.1, 0.15) is 25.3 Å². The highest BCUT2D eigenvalue weighted by Crippen LogP contribution is 2.21. The van der Waals surface area contributed by atoms with E-state index in [4.69, 9.17) is 0 Å². The standard InChI is InChI=1S/C13H19BrN2O2S/c1-9-7-12(3-4-13(9)14)19(17,18)16-11-5-6-15-10(2)8-11/h3-4,7,10-11,15-16H,5-6,8H2,1-2H3. The fourth-order valence-corrected chi connectivity index (χ4v) is 3.93. The molecule has 0 aromatic heterocycles. The molecule has 2 unspecified atom stereocenters. The molecule has 1 heterocycles. The summed E-state index contributed by atoms with van der Waals surface area (Å²) in [5.74, 6) is 0. The van der Waals surface area contributed by atoms with Crippen LogP contribution >= 0.6 is 15.9 Å². The Bertz CT molecular complexity index is 560. The van der Waals surface area contributed by atoms with Crippen LogP contribution in [0.25, 0.3) is 0 Å². The number of sulfonamides is 1. The second kappa shape index (κ2) is 5.91. The lowest BCUT2D eigenvalue weighted by atomic mass is 10.0. The largest absolute Gasteiger partial charge is 0.314 e. The molecule has 0 spiro atoms. The van der Waals surface area contributed by atoms with Gasteiger partial charge in [-0.1, -0.05) is 15.9 Å². The highest BCUT2D eigenvalue weighted by Gasteiger charge is 2.24. The molecule has 0 aliphatic carbocycles. The highest BCUT2D eigenvalue weighted by molar-refractivity contribution is 9.10. The molecule has 0 amide bonds. The molecular formula is C13H19BrN2O2S. The third-order valence-electron chi connectivity index (χ3n) is 3.39. The second-order valence-corrected chi connectivity index (χ2v) is 7.68. The fourth-order valence-electron chi connectivity index (χ4n) is 2.31. The van der Waals surface area contributed by atoms with E-state index in [0.29, 0.717) is 10.9 Å². The number of aryl methyl sites for hydroxylation is 1. The van der Waals surface area contributed by atoms with Gasteiger partial charge in [0, 0.05) is 16.6 Å². The molecule has 0 saturated carbocycles. The predicted molar refractivity (Wildman–Crippen MR) is 79.7 cm³/mol. The van der Waals surface area contributed by atoms with Gasteiger partial charge in [0.05, 0.1) is 4.90 Å². The predicted octanol–water partition coefficient (Wildman–Crippen LogP) is 2.18. The maximum Gasteiger partial charge on any atom is 0.240 e. The van der Waals surface area contributed by atoms with Gasteiger partial charge in [0.25, 0.3) is 0 Å². The van der Waals surface area contributed by atoms with Crippen molar-refractivity contribution in [3.63, 3.8) is 0 Å². The number of halogens is 1. The maximum absolute atomic E-state index is 12.3. The van der Waals surface area contributed by atoms with Gasteiger partial charge in [-0.05, 0) is 57.0 Å². The molecule has 1 aromatic carbocycles. The first-order valence-corrected chi connectivity index (χ1v) is 8.68. The topological polar surface area (TPSA) is 58.2 Å². The zero-order valence-electron chi connectivity index (χ0n) is 11.1. The SMILES string of the molecule is Cc1cc(S(=O)(=O)NC2CCNC(C)C2)ccc1Br. The van der Waals surface area contributed by atoms with E-state index < -0.39 is 10.0 Å². The molecule has 2 atom stereocenters. The summed E-state index contributed by atoms with van der Waals surface area (Å²) in [7, 11) is -3.42. The van der Waals surface area contributed by atoms with Crippen LogP contribution in [0.4, 0.5) is 0 Å². The van der Waals surface area contributed by atoms with Crippen molar-refractivity contribution in [3.05, 3.63) is 28.2 Å². The number of hydrogen-bond donors (Lipinski definition) is 2. The molecule has 0 bridgehead atoms. The molecule has 1 fully saturated rings. The van der Waals surface area contributed by atoms with E-state index in [9.17, 15) is 8.42 Å². The van der Waals surface area contributed by atoms with Crippen LogP contribution in [0.3, 0.4) is 0 Å². The third-order valence-corrected chi connectivity index (χ3v) is 5.79. The maximum atomic E-state index is 12.3. The Morgan fingerprint density at radius 3 is 2.79 bits per heavy atom. The highest BCUT2D eigenvalue weighted by atomic mass is 79.9. The van der Waals surface area contributed by atoms with Gasteiger partial charge >= 0.3 is 0 Å². The third kappa shape index (κ3) is 3.78. The molecule has 106 valence electrons. The fraction of sp³-hybridized carbons (Fsp3) is 0.538. The van der Waals surface area contributed by atoms with Gasteiger partial charge in [0.2, 0.25) is 10.0 Å². The van der Waals surface area contributed by atoms with Crippen LogP contribution in [0.2, 0.25) is 0 Å². The van der Waals surface area contributed by atoms with Crippen LogP contribution < -0.4 is 10.0 Å². The van der Waals surface area contributed by atoms with Gasteiger partial charge in [-0.15, -0.1) is 0 Å². The molecule has 6 heteroatoms. The average Bonchev–Trinajstić information content (AvgIpc) is 2.32. The number of rotatable bonds is 3. The number of piperidine rings is 1. The lowest BCUT2D eigenvalue weighted by molar-refractivity contribution is 0.361. The monoisotopic (exact) mass is 346 g/mol. The Morgan fingerprint density at radius 1 is 1.42 bits per heavy atom. The zero-order chi connectivity index (χ0) is 14.0. The van der Waals surface area contributed by atoms with Crippen molar-refractivity contribution in [1.82, 2.24) is 10.0 Å². The molecule has 0 radical (unpaired) electrons. The number of nitrogens with one attached hydrogen (secondary N) is 2. The van der Waals surface area contributed by atoms with Crippen LogP contribution in [-0.2, 0) is 10.0 Å². The summed E-state index contributed by atoms with van der Waals surface area (Å²) < 4.78 is 28.4. The summed E-state index contributed by atoms with van der Waals surface area (Å²) in [6, 6.07) is 5.47. The lowest BCUT2D eigenvalue weighted by Gasteiger charge is -2.28. The molecule has 1 aromatic rings. The Balaban J connectivity index is 2.15. The van der Waals surface area contributed by atoms with Gasteiger partial charge < -0.3 is 5.32 Å². The first-order valence-electron chi connectivity index (χ1n) is 6.40. The number of benzene rings is 1. The van der Waals surface area contributed by atoms with Crippen molar-refractivity contribution in [1.29, 1.82) is 0 Å². The summed E-state index contributed by atoms with van der Waals surface area (Å²) >= 11 is 3.38. The van der Waals surface area contributed by atoms with Crippen LogP contribution in [0.5, 0.6) is 0 Å². The van der Waals surface area contributed by atoms with Crippen LogP contribution in [0, 0.1) is 6.92 Å². The molecule has 19 heavy (non-hydrogen) atoms. The summed E-state index contributed by atoms with van der Waals surface area (Å²) in [6.07, 6.45) is 1.66. The quantitative estimate of drug-likeness (QED) is 0.881. The van der Waals surface area contributed by atoms with E-state index in [1.807, 2.05) is 6.92 Å². The van der Waals surface area contributed by atoms with Crippen molar-refractivity contribution in [2.75, 3.05) is 6.54 Å². The van der Waals surface area contributed by atoms with E-state index in [2.05, 4.69) is 32.9 Å². The minimum atomic E-state index is -3.42. The first-order chi connectivity index (χ1) is 8.88. The van der Waals surface area contributed by atoms with Gasteiger partial charge in [0.1, 0.15) is 0 Å². The van der Waals surface area contributed by atoms with Crippen molar-refractivity contribution >= 4 is 26.0 Å². The van der Waals surface area contributed by atoms with E-state index in [0.717, 1.165) is 29.4 Å². The minimum Gasteiger partial charge on any atom is -0.314 e. The van der Waals surface area contributed by atoms with E-state index in [1.54, 1.807) is 18.2 Å². The Morgan fingerprint density at radius 2 is 2.16 bits per heavy atom. The molecule has 2 N–H and O–H groups in total. The normalized spacial score (nSPS) is 24.4. The van der Waals surface area contributed by atoms with Gasteiger partial charge in [-0.25, -0.2) is 13.1 Å². The molecule has 1 saturated heterocycles. The average molecular weight is 347 g/mol. The van der Waals surface area contributed by atoms with Crippen LogP contribution in [0.15, 0.2) is 27.6 Å². The summed E-state index contributed by atoms with van der Waals surface area (Å²) in [5.41, 5.74) is 0.918. The second-order valence-electron chi connectivity index (χ2n) is 5.11. The molecular weight excluding hydrogens is 328 g/mol. The first kappa shape index (κ1) is 15.0.